The molecule has 0 radical (unpaired) electrons. The fraction of sp³-hybridized carbons (Fsp3) is 0.375. The van der Waals surface area contributed by atoms with Crippen LogP contribution in [0.1, 0.15) is 20.8 Å². The summed E-state index contributed by atoms with van der Waals surface area (Å²) < 4.78 is 5.23. The summed E-state index contributed by atoms with van der Waals surface area (Å²) in [6.45, 7) is 5.72. The Balaban J connectivity index is 1.82. The topological polar surface area (TPSA) is 46.6 Å². The molecule has 1 fully saturated rings. The van der Waals surface area contributed by atoms with Crippen LogP contribution in [0.5, 0.6) is 0 Å². The molecule has 20 heavy (non-hydrogen) atoms. The zero-order chi connectivity index (χ0) is 14.5. The lowest BCUT2D eigenvalue weighted by Crippen LogP contribution is -2.61. The van der Waals surface area contributed by atoms with Crippen LogP contribution in [0, 0.1) is 5.41 Å². The van der Waals surface area contributed by atoms with E-state index in [4.69, 9.17) is 4.74 Å². The predicted molar refractivity (Wildman–Crippen MR) is 75.0 cm³/mol. The summed E-state index contributed by atoms with van der Waals surface area (Å²) in [5.41, 5.74) is -1.24. The van der Waals surface area contributed by atoms with Gasteiger partial charge in [-0.1, -0.05) is 36.4 Å². The molecular weight excluding hydrogens is 254 g/mol. The molecule has 1 heterocycles. The minimum atomic E-state index is -0.652. The Morgan fingerprint density at radius 3 is 2.20 bits per heavy atom. The average molecular weight is 271 g/mol. The van der Waals surface area contributed by atoms with Crippen LogP contribution >= 0.6 is 0 Å². The van der Waals surface area contributed by atoms with Crippen molar-refractivity contribution in [2.75, 3.05) is 6.54 Å². The second-order valence-corrected chi connectivity index (χ2v) is 6.33. The number of imide groups is 1. The highest BCUT2D eigenvalue weighted by atomic mass is 16.6. The first-order valence-electron chi connectivity index (χ1n) is 6.67. The number of rotatable bonds is 0. The van der Waals surface area contributed by atoms with Gasteiger partial charge in [-0.05, 0) is 31.2 Å². The molecule has 0 aromatic heterocycles. The summed E-state index contributed by atoms with van der Waals surface area (Å²) in [7, 11) is 0. The summed E-state index contributed by atoms with van der Waals surface area (Å²) in [6.07, 6.45) is 3.31. The number of benzene rings is 1. The molecule has 1 aromatic rings. The number of fused-ring (bicyclic) bond motifs is 1. The number of ether oxygens (including phenoxy) is 1. The first kappa shape index (κ1) is 12.9. The predicted octanol–water partition coefficient (Wildman–Crippen LogP) is 1.02. The summed E-state index contributed by atoms with van der Waals surface area (Å²) >= 11 is 0. The minimum absolute atomic E-state index is 0.206. The molecule has 2 aliphatic rings. The van der Waals surface area contributed by atoms with Crippen molar-refractivity contribution in [2.45, 2.75) is 26.4 Å². The van der Waals surface area contributed by atoms with Crippen molar-refractivity contribution in [3.63, 3.8) is 0 Å². The first-order chi connectivity index (χ1) is 9.31. The van der Waals surface area contributed by atoms with Crippen LogP contribution < -0.4 is 10.4 Å². The number of amides is 2. The Hall–Kier alpha value is -2.10. The van der Waals surface area contributed by atoms with Crippen molar-refractivity contribution < 1.29 is 14.3 Å². The second-order valence-electron chi connectivity index (χ2n) is 6.33. The van der Waals surface area contributed by atoms with Gasteiger partial charge in [0.05, 0.1) is 6.54 Å². The number of β-lactam (4-membered cyclic amide) rings is 1. The van der Waals surface area contributed by atoms with Crippen molar-refractivity contribution in [1.29, 1.82) is 0 Å². The molecule has 1 aliphatic heterocycles. The second kappa shape index (κ2) is 3.95. The van der Waals surface area contributed by atoms with E-state index in [2.05, 4.69) is 0 Å². The Morgan fingerprint density at radius 1 is 1.20 bits per heavy atom. The zero-order valence-corrected chi connectivity index (χ0v) is 11.8. The van der Waals surface area contributed by atoms with E-state index in [1.54, 1.807) is 20.8 Å². The average Bonchev–Trinajstić information content (AvgIpc) is 2.74. The van der Waals surface area contributed by atoms with Gasteiger partial charge in [0.1, 0.15) is 11.0 Å². The standard InChI is InChI=1S/C16H17NO3/c1-15(2,3)20-14(19)17-10-16(13(17)18)8-11-6-4-5-7-12(11)9-16/h4-9H,10H2,1-3H3. The molecule has 1 spiro atoms. The third-order valence-corrected chi connectivity index (χ3v) is 3.50. The van der Waals surface area contributed by atoms with E-state index >= 15 is 0 Å². The molecule has 0 N–H and O–H groups in total. The van der Waals surface area contributed by atoms with E-state index in [0.717, 1.165) is 10.4 Å². The molecule has 0 saturated carbocycles. The van der Waals surface area contributed by atoms with Crippen LogP contribution in [0.2, 0.25) is 0 Å². The highest BCUT2D eigenvalue weighted by Gasteiger charge is 2.53. The van der Waals surface area contributed by atoms with Crippen molar-refractivity contribution in [2.24, 2.45) is 5.41 Å². The monoisotopic (exact) mass is 271 g/mol. The van der Waals surface area contributed by atoms with E-state index in [9.17, 15) is 9.59 Å². The van der Waals surface area contributed by atoms with E-state index in [1.807, 2.05) is 36.4 Å². The van der Waals surface area contributed by atoms with Crippen molar-refractivity contribution in [1.82, 2.24) is 4.90 Å². The van der Waals surface area contributed by atoms with Crippen LogP contribution in [-0.4, -0.2) is 29.0 Å². The third kappa shape index (κ3) is 1.92. The molecule has 4 heteroatoms. The Kier molecular flexibility index (Phi) is 2.55. The molecule has 0 bridgehead atoms. The zero-order valence-electron chi connectivity index (χ0n) is 11.8. The third-order valence-electron chi connectivity index (χ3n) is 3.50. The van der Waals surface area contributed by atoms with Gasteiger partial charge in [-0.2, -0.15) is 0 Å². The molecule has 4 nitrogen and oxygen atoms in total. The van der Waals surface area contributed by atoms with Crippen molar-refractivity contribution >= 4 is 24.2 Å². The lowest BCUT2D eigenvalue weighted by molar-refractivity contribution is -0.146. The van der Waals surface area contributed by atoms with Crippen LogP contribution in [0.25, 0.3) is 12.2 Å². The Bertz CT molecular complexity index is 677. The van der Waals surface area contributed by atoms with Gasteiger partial charge in [-0.25, -0.2) is 9.69 Å². The number of carbonyl (C=O) groups excluding carboxylic acids is 2. The lowest BCUT2D eigenvalue weighted by Gasteiger charge is -2.43. The van der Waals surface area contributed by atoms with Gasteiger partial charge in [0, 0.05) is 0 Å². The van der Waals surface area contributed by atoms with Crippen LogP contribution in [0.3, 0.4) is 0 Å². The van der Waals surface area contributed by atoms with E-state index < -0.39 is 17.1 Å². The maximum atomic E-state index is 12.3. The van der Waals surface area contributed by atoms with Crippen LogP contribution in [0.4, 0.5) is 4.79 Å². The summed E-state index contributed by atoms with van der Waals surface area (Å²) in [4.78, 5) is 25.4. The fourth-order valence-corrected chi connectivity index (χ4v) is 2.61. The molecule has 104 valence electrons. The SMILES string of the molecule is CC(C)(C)OC(=O)N1CC2(C=c3ccccc3=C2)C1=O. The molecule has 0 unspecified atom stereocenters. The normalized spacial score (nSPS) is 18.9. The summed E-state index contributed by atoms with van der Waals surface area (Å²) in [6, 6.07) is 7.84. The van der Waals surface area contributed by atoms with Crippen molar-refractivity contribution in [3.05, 3.63) is 34.7 Å². The first-order valence-corrected chi connectivity index (χ1v) is 6.67. The van der Waals surface area contributed by atoms with E-state index in [-0.39, 0.29) is 5.91 Å². The number of carbonyl (C=O) groups is 2. The molecule has 1 aliphatic carbocycles. The summed E-state index contributed by atoms with van der Waals surface area (Å²) in [5.74, 6) is -0.206. The van der Waals surface area contributed by atoms with Crippen LogP contribution in [-0.2, 0) is 9.53 Å². The van der Waals surface area contributed by atoms with E-state index in [0.29, 0.717) is 6.54 Å². The summed E-state index contributed by atoms with van der Waals surface area (Å²) in [5, 5.41) is 2.09. The number of hydrogen-bond acceptors (Lipinski definition) is 3. The van der Waals surface area contributed by atoms with Gasteiger partial charge in [-0.15, -0.1) is 0 Å². The van der Waals surface area contributed by atoms with Gasteiger partial charge < -0.3 is 4.74 Å². The molecule has 1 aromatic carbocycles. The molecule has 1 saturated heterocycles. The maximum absolute atomic E-state index is 12.3. The minimum Gasteiger partial charge on any atom is -0.443 e. The molecule has 3 rings (SSSR count). The fourth-order valence-electron chi connectivity index (χ4n) is 2.61. The molecular formula is C16H17NO3. The van der Waals surface area contributed by atoms with Gasteiger partial charge >= 0.3 is 6.09 Å². The highest BCUT2D eigenvalue weighted by molar-refractivity contribution is 6.09. The highest BCUT2D eigenvalue weighted by Crippen LogP contribution is 2.37. The number of hydrogen-bond donors (Lipinski definition) is 0. The lowest BCUT2D eigenvalue weighted by atomic mass is 9.80. The van der Waals surface area contributed by atoms with Crippen LogP contribution in [0.15, 0.2) is 24.3 Å². The number of likely N-dealkylation sites (tertiary alicyclic amines) is 1. The quantitative estimate of drug-likeness (QED) is 0.662. The largest absolute Gasteiger partial charge is 0.443 e. The molecule has 2 amide bonds. The van der Waals surface area contributed by atoms with Crippen molar-refractivity contribution in [3.8, 4) is 0 Å². The smallest absolute Gasteiger partial charge is 0.417 e. The Labute approximate surface area is 117 Å². The maximum Gasteiger partial charge on any atom is 0.417 e. The van der Waals surface area contributed by atoms with Gasteiger partial charge in [0.15, 0.2) is 0 Å². The Morgan fingerprint density at radius 2 is 1.75 bits per heavy atom. The number of nitrogens with zero attached hydrogens (tertiary/aromatic N) is 1. The van der Waals surface area contributed by atoms with Gasteiger partial charge in [-0.3, -0.25) is 4.79 Å². The molecule has 0 atom stereocenters. The van der Waals surface area contributed by atoms with Gasteiger partial charge in [0.2, 0.25) is 5.91 Å². The van der Waals surface area contributed by atoms with E-state index in [1.165, 1.54) is 4.90 Å². The van der Waals surface area contributed by atoms with Gasteiger partial charge in [0.25, 0.3) is 0 Å².